The summed E-state index contributed by atoms with van der Waals surface area (Å²) in [5.74, 6) is 2.23. The van der Waals surface area contributed by atoms with Crippen molar-refractivity contribution < 1.29 is 9.84 Å². The number of ether oxygens (including phenoxy) is 1. The van der Waals surface area contributed by atoms with Crippen LogP contribution in [-0.2, 0) is 4.74 Å². The van der Waals surface area contributed by atoms with Gasteiger partial charge in [0.05, 0.1) is 18.8 Å². The molecule has 0 bridgehead atoms. The van der Waals surface area contributed by atoms with E-state index in [0.29, 0.717) is 18.1 Å². The summed E-state index contributed by atoms with van der Waals surface area (Å²) in [6.45, 7) is 15.1. The van der Waals surface area contributed by atoms with E-state index in [0.717, 1.165) is 50.2 Å². The third kappa shape index (κ3) is 5.82. The summed E-state index contributed by atoms with van der Waals surface area (Å²) in [4.78, 5) is 2.42. The lowest BCUT2D eigenvalue weighted by Crippen LogP contribution is -2.44. The van der Waals surface area contributed by atoms with Crippen molar-refractivity contribution in [1.82, 2.24) is 4.90 Å². The highest BCUT2D eigenvalue weighted by atomic mass is 16.5. The second kappa shape index (κ2) is 7.63. The van der Waals surface area contributed by atoms with E-state index in [1.165, 1.54) is 12.8 Å². The summed E-state index contributed by atoms with van der Waals surface area (Å²) in [5.41, 5.74) is 0.380. The monoisotopic (exact) mass is 311 g/mol. The first-order chi connectivity index (χ1) is 10.2. The first-order valence-electron chi connectivity index (χ1n) is 9.25. The Kier molecular flexibility index (Phi) is 6.32. The summed E-state index contributed by atoms with van der Waals surface area (Å²) in [6.07, 6.45) is 4.86. The molecule has 1 saturated heterocycles. The summed E-state index contributed by atoms with van der Waals surface area (Å²) >= 11 is 0. The van der Waals surface area contributed by atoms with Crippen LogP contribution in [-0.4, -0.2) is 48.5 Å². The zero-order chi connectivity index (χ0) is 16.3. The van der Waals surface area contributed by atoms with Crippen LogP contribution in [0.1, 0.15) is 60.3 Å². The number of nitrogens with zero attached hydrogens (tertiary/aromatic N) is 1. The van der Waals surface area contributed by atoms with Crippen LogP contribution in [0.5, 0.6) is 0 Å². The smallest absolute Gasteiger partial charge is 0.0900 e. The summed E-state index contributed by atoms with van der Waals surface area (Å²) in [7, 11) is 0. The van der Waals surface area contributed by atoms with Gasteiger partial charge in [0.15, 0.2) is 0 Å². The molecule has 0 aromatic heterocycles. The molecule has 0 amide bonds. The molecule has 0 unspecified atom stereocenters. The second-order valence-corrected chi connectivity index (χ2v) is 9.19. The summed E-state index contributed by atoms with van der Waals surface area (Å²) in [6, 6.07) is 0. The van der Waals surface area contributed by atoms with Crippen LogP contribution in [0.4, 0.5) is 0 Å². The maximum atomic E-state index is 10.3. The van der Waals surface area contributed by atoms with Crippen LogP contribution in [0, 0.1) is 23.2 Å². The van der Waals surface area contributed by atoms with Gasteiger partial charge in [-0.25, -0.2) is 0 Å². The van der Waals surface area contributed by atoms with Gasteiger partial charge in [0.1, 0.15) is 0 Å². The number of aliphatic hydroxyl groups excluding tert-OH is 1. The molecule has 2 fully saturated rings. The van der Waals surface area contributed by atoms with E-state index < -0.39 is 0 Å². The topological polar surface area (TPSA) is 32.7 Å². The van der Waals surface area contributed by atoms with E-state index in [1.54, 1.807) is 0 Å². The van der Waals surface area contributed by atoms with Gasteiger partial charge in [0.2, 0.25) is 0 Å². The fourth-order valence-corrected chi connectivity index (χ4v) is 4.92. The predicted octanol–water partition coefficient (Wildman–Crippen LogP) is 3.56. The van der Waals surface area contributed by atoms with Gasteiger partial charge in [0.25, 0.3) is 0 Å². The van der Waals surface area contributed by atoms with Crippen LogP contribution >= 0.6 is 0 Å². The molecule has 1 N–H and O–H groups in total. The maximum Gasteiger partial charge on any atom is 0.0900 e. The highest BCUT2D eigenvalue weighted by Crippen LogP contribution is 2.39. The zero-order valence-corrected chi connectivity index (χ0v) is 15.3. The van der Waals surface area contributed by atoms with Crippen LogP contribution < -0.4 is 0 Å². The Bertz CT molecular complexity index is 334. The first kappa shape index (κ1) is 18.2. The van der Waals surface area contributed by atoms with Crippen LogP contribution in [0.25, 0.3) is 0 Å². The number of piperidine rings is 1. The maximum absolute atomic E-state index is 10.3. The average molecular weight is 312 g/mol. The van der Waals surface area contributed by atoms with Crippen molar-refractivity contribution in [2.75, 3.05) is 26.2 Å². The van der Waals surface area contributed by atoms with Gasteiger partial charge >= 0.3 is 0 Å². The van der Waals surface area contributed by atoms with E-state index in [1.807, 2.05) is 0 Å². The Morgan fingerprint density at radius 3 is 2.27 bits per heavy atom. The van der Waals surface area contributed by atoms with Gasteiger partial charge in [-0.15, -0.1) is 0 Å². The van der Waals surface area contributed by atoms with Crippen LogP contribution in [0.2, 0.25) is 0 Å². The molecule has 22 heavy (non-hydrogen) atoms. The fourth-order valence-electron chi connectivity index (χ4n) is 4.92. The van der Waals surface area contributed by atoms with Crippen LogP contribution in [0.3, 0.4) is 0 Å². The van der Waals surface area contributed by atoms with E-state index in [-0.39, 0.29) is 6.10 Å². The van der Waals surface area contributed by atoms with Crippen molar-refractivity contribution in [3.63, 3.8) is 0 Å². The lowest BCUT2D eigenvalue weighted by molar-refractivity contribution is -0.0641. The number of hydrogen-bond acceptors (Lipinski definition) is 3. The largest absolute Gasteiger partial charge is 0.389 e. The molecule has 130 valence electrons. The molecule has 1 aliphatic carbocycles. The van der Waals surface area contributed by atoms with Crippen molar-refractivity contribution in [2.45, 2.75) is 72.5 Å². The summed E-state index contributed by atoms with van der Waals surface area (Å²) < 4.78 is 6.07. The predicted molar refractivity (Wildman–Crippen MR) is 91.9 cm³/mol. The molecule has 1 saturated carbocycles. The molecular weight excluding hydrogens is 274 g/mol. The highest BCUT2D eigenvalue weighted by Gasteiger charge is 2.33. The molecular formula is C19H37NO2. The highest BCUT2D eigenvalue weighted by molar-refractivity contribution is 4.84. The molecule has 5 atom stereocenters. The van der Waals surface area contributed by atoms with Crippen molar-refractivity contribution in [1.29, 1.82) is 0 Å². The lowest BCUT2D eigenvalue weighted by Gasteiger charge is -2.39. The average Bonchev–Trinajstić information content (AvgIpc) is 2.32. The first-order valence-corrected chi connectivity index (χ1v) is 9.25. The summed E-state index contributed by atoms with van der Waals surface area (Å²) in [5, 5.41) is 10.3. The molecule has 3 nitrogen and oxygen atoms in total. The Morgan fingerprint density at radius 1 is 1.05 bits per heavy atom. The van der Waals surface area contributed by atoms with Crippen LogP contribution in [0.15, 0.2) is 0 Å². The number of hydrogen-bond donors (Lipinski definition) is 1. The van der Waals surface area contributed by atoms with Crippen molar-refractivity contribution in [2.24, 2.45) is 23.2 Å². The number of likely N-dealkylation sites (tertiary alicyclic amines) is 1. The van der Waals surface area contributed by atoms with E-state index in [4.69, 9.17) is 4.74 Å². The second-order valence-electron chi connectivity index (χ2n) is 9.19. The number of β-amino-alcohol motifs (C(OH)–C–C–N with tert-alkyl or cyclic N) is 1. The standard InChI is InChI=1S/C19H37NO2/c1-14-7-18(9-19(4,5)8-14)22-13-17(21)12-20-10-15(2)6-16(3)11-20/h14-18,21H,6-13H2,1-5H3/t14-,15-,16+,17-,18+/m1/s1. The van der Waals surface area contributed by atoms with Crippen molar-refractivity contribution >= 4 is 0 Å². The minimum absolute atomic E-state index is 0.326. The van der Waals surface area contributed by atoms with Gasteiger partial charge in [-0.2, -0.15) is 0 Å². The third-order valence-electron chi connectivity index (χ3n) is 5.28. The van der Waals surface area contributed by atoms with Gasteiger partial charge < -0.3 is 14.7 Å². The zero-order valence-electron chi connectivity index (χ0n) is 15.3. The van der Waals surface area contributed by atoms with Gasteiger partial charge in [0, 0.05) is 19.6 Å². The number of aliphatic hydroxyl groups is 1. The minimum Gasteiger partial charge on any atom is -0.389 e. The normalized spacial score (nSPS) is 37.9. The molecule has 0 radical (unpaired) electrons. The molecule has 2 aliphatic rings. The van der Waals surface area contributed by atoms with Gasteiger partial charge in [-0.1, -0.05) is 34.6 Å². The van der Waals surface area contributed by atoms with Crippen molar-refractivity contribution in [3.05, 3.63) is 0 Å². The molecule has 2 rings (SSSR count). The molecule has 1 aliphatic heterocycles. The Labute approximate surface area is 137 Å². The van der Waals surface area contributed by atoms with Crippen molar-refractivity contribution in [3.8, 4) is 0 Å². The number of rotatable bonds is 5. The fraction of sp³-hybridized carbons (Fsp3) is 1.00. The SMILES string of the molecule is C[C@@H]1C[C@H](C)CN(C[C@@H](O)CO[C@H]2C[C@@H](C)CC(C)(C)C2)C1. The Balaban J connectivity index is 1.72. The quantitative estimate of drug-likeness (QED) is 0.842. The van der Waals surface area contributed by atoms with Gasteiger partial charge in [-0.3, -0.25) is 0 Å². The molecule has 1 heterocycles. The van der Waals surface area contributed by atoms with E-state index >= 15 is 0 Å². The molecule has 0 aromatic rings. The van der Waals surface area contributed by atoms with Gasteiger partial charge in [-0.05, 0) is 48.9 Å². The third-order valence-corrected chi connectivity index (χ3v) is 5.28. The molecule has 0 spiro atoms. The lowest BCUT2D eigenvalue weighted by atomic mass is 9.71. The Morgan fingerprint density at radius 2 is 1.68 bits per heavy atom. The van der Waals surface area contributed by atoms with E-state index in [2.05, 4.69) is 39.5 Å². The minimum atomic E-state index is -0.349. The Hall–Kier alpha value is -0.120. The molecule has 3 heteroatoms. The molecule has 0 aromatic carbocycles. The van der Waals surface area contributed by atoms with E-state index in [9.17, 15) is 5.11 Å².